The third-order valence-electron chi connectivity index (χ3n) is 4.91. The van der Waals surface area contributed by atoms with E-state index in [9.17, 15) is 22.8 Å². The number of aromatic nitrogens is 1. The van der Waals surface area contributed by atoms with Crippen molar-refractivity contribution in [3.8, 4) is 11.1 Å². The number of benzene rings is 1. The summed E-state index contributed by atoms with van der Waals surface area (Å²) >= 11 is 0. The van der Waals surface area contributed by atoms with Crippen molar-refractivity contribution in [1.82, 2.24) is 10.0 Å². The van der Waals surface area contributed by atoms with E-state index in [0.717, 1.165) is 6.26 Å². The highest BCUT2D eigenvalue weighted by atomic mass is 32.2. The van der Waals surface area contributed by atoms with Crippen molar-refractivity contribution in [2.75, 3.05) is 12.9 Å². The standard InChI is InChI=1S/C19H22N2O7S/c1-19(18(25)20-26,29(2,27)28)8-10-21-9-7-15(11-17(21)24)13-3-5-14(6-4-13)16(23)12-22/h3-7,9,11,22,26H,8,10,12H2,1-2H3,(H,20,25). The van der Waals surface area contributed by atoms with Gasteiger partial charge in [0.15, 0.2) is 20.4 Å². The molecule has 156 valence electrons. The molecule has 0 fully saturated rings. The van der Waals surface area contributed by atoms with Crippen molar-refractivity contribution in [2.45, 2.75) is 24.6 Å². The number of aliphatic hydroxyl groups excluding tert-OH is 1. The number of hydroxylamine groups is 1. The van der Waals surface area contributed by atoms with Crippen molar-refractivity contribution < 1.29 is 28.3 Å². The van der Waals surface area contributed by atoms with Gasteiger partial charge in [0.2, 0.25) is 0 Å². The predicted octanol–water partition coefficient (Wildman–Crippen LogP) is 0.389. The Hall–Kier alpha value is -2.82. The molecule has 0 aliphatic heterocycles. The molecular formula is C19H22N2O7S. The fraction of sp³-hybridized carbons (Fsp3) is 0.316. The van der Waals surface area contributed by atoms with Crippen LogP contribution in [-0.2, 0) is 21.2 Å². The van der Waals surface area contributed by atoms with Crippen LogP contribution in [0.2, 0.25) is 0 Å². The topological polar surface area (TPSA) is 143 Å². The van der Waals surface area contributed by atoms with E-state index >= 15 is 0 Å². The van der Waals surface area contributed by atoms with E-state index in [0.29, 0.717) is 16.7 Å². The summed E-state index contributed by atoms with van der Waals surface area (Å²) in [5.41, 5.74) is 2.59. The predicted molar refractivity (Wildman–Crippen MR) is 105 cm³/mol. The first kappa shape index (κ1) is 22.5. The number of carbonyl (C=O) groups excluding carboxylic acids is 2. The fourth-order valence-corrected chi connectivity index (χ4v) is 3.58. The highest BCUT2D eigenvalue weighted by Crippen LogP contribution is 2.22. The SMILES string of the molecule is CC(CCn1ccc(-c2ccc(C(=O)CO)cc2)cc1=O)(C(=O)NO)S(C)(=O)=O. The number of ketones is 1. The van der Waals surface area contributed by atoms with Crippen LogP contribution in [-0.4, -0.2) is 52.6 Å². The number of amides is 1. The number of carbonyl (C=O) groups is 2. The van der Waals surface area contributed by atoms with Crippen molar-refractivity contribution in [1.29, 1.82) is 0 Å². The molecule has 1 amide bonds. The molecule has 1 aromatic carbocycles. The van der Waals surface area contributed by atoms with Gasteiger partial charge in [0.05, 0.1) is 0 Å². The number of pyridine rings is 1. The van der Waals surface area contributed by atoms with Crippen LogP contribution >= 0.6 is 0 Å². The van der Waals surface area contributed by atoms with Crippen LogP contribution in [0, 0.1) is 0 Å². The first-order chi connectivity index (χ1) is 13.5. The number of sulfone groups is 1. The van der Waals surface area contributed by atoms with Gasteiger partial charge in [0, 0.05) is 30.6 Å². The van der Waals surface area contributed by atoms with Crippen molar-refractivity contribution >= 4 is 21.5 Å². The molecule has 1 aromatic heterocycles. The van der Waals surface area contributed by atoms with E-state index in [1.165, 1.54) is 29.2 Å². The Morgan fingerprint density at radius 1 is 1.14 bits per heavy atom. The second-order valence-electron chi connectivity index (χ2n) is 6.80. The summed E-state index contributed by atoms with van der Waals surface area (Å²) in [5, 5.41) is 17.7. The molecule has 0 aliphatic rings. The number of Topliss-reactive ketones (excluding diaryl/α,β-unsaturated/α-hetero) is 1. The highest BCUT2D eigenvalue weighted by molar-refractivity contribution is 7.92. The smallest absolute Gasteiger partial charge is 0.264 e. The summed E-state index contributed by atoms with van der Waals surface area (Å²) in [6, 6.07) is 9.39. The van der Waals surface area contributed by atoms with Crippen molar-refractivity contribution in [3.05, 3.63) is 58.5 Å². The van der Waals surface area contributed by atoms with Gasteiger partial charge in [-0.25, -0.2) is 13.9 Å². The Bertz CT molecular complexity index is 1070. The van der Waals surface area contributed by atoms with Crippen LogP contribution in [0.3, 0.4) is 0 Å². The maximum atomic E-state index is 12.4. The number of nitrogens with zero attached hydrogens (tertiary/aromatic N) is 1. The summed E-state index contributed by atoms with van der Waals surface area (Å²) in [7, 11) is -3.86. The van der Waals surface area contributed by atoms with Crippen LogP contribution in [0.1, 0.15) is 23.7 Å². The Kier molecular flexibility index (Phi) is 6.73. The zero-order valence-corrected chi connectivity index (χ0v) is 16.8. The second-order valence-corrected chi connectivity index (χ2v) is 9.25. The van der Waals surface area contributed by atoms with Crippen LogP contribution in [0.25, 0.3) is 11.1 Å². The maximum absolute atomic E-state index is 12.4. The molecule has 0 bridgehead atoms. The van der Waals surface area contributed by atoms with Gasteiger partial charge in [0.1, 0.15) is 6.61 Å². The summed E-state index contributed by atoms with van der Waals surface area (Å²) in [6.07, 6.45) is 2.15. The normalized spacial score (nSPS) is 13.5. The molecule has 3 N–H and O–H groups in total. The lowest BCUT2D eigenvalue weighted by atomic mass is 10.0. The Morgan fingerprint density at radius 3 is 2.24 bits per heavy atom. The van der Waals surface area contributed by atoms with Crippen molar-refractivity contribution in [2.24, 2.45) is 0 Å². The van der Waals surface area contributed by atoms with Gasteiger partial charge in [0.25, 0.3) is 11.5 Å². The van der Waals surface area contributed by atoms with E-state index in [1.807, 2.05) is 0 Å². The monoisotopic (exact) mass is 422 g/mol. The average molecular weight is 422 g/mol. The molecule has 2 aromatic rings. The minimum atomic E-state index is -3.86. The highest BCUT2D eigenvalue weighted by Gasteiger charge is 2.43. The zero-order chi connectivity index (χ0) is 21.8. The van der Waals surface area contributed by atoms with Gasteiger partial charge in [-0.2, -0.15) is 0 Å². The quantitative estimate of drug-likeness (QED) is 0.317. The van der Waals surface area contributed by atoms with Crippen LogP contribution < -0.4 is 11.0 Å². The van der Waals surface area contributed by atoms with Gasteiger partial charge in [-0.3, -0.25) is 19.6 Å². The zero-order valence-electron chi connectivity index (χ0n) is 16.0. The number of hydrogen-bond donors (Lipinski definition) is 3. The third kappa shape index (κ3) is 4.78. The second kappa shape index (κ2) is 8.68. The molecule has 0 saturated carbocycles. The van der Waals surface area contributed by atoms with E-state index < -0.39 is 38.4 Å². The summed E-state index contributed by atoms with van der Waals surface area (Å²) in [4.78, 5) is 35.7. The molecule has 0 spiro atoms. The summed E-state index contributed by atoms with van der Waals surface area (Å²) in [5.74, 6) is -1.48. The van der Waals surface area contributed by atoms with Gasteiger partial charge in [-0.05, 0) is 30.5 Å². The minimum absolute atomic E-state index is 0.0555. The van der Waals surface area contributed by atoms with E-state index in [-0.39, 0.29) is 13.0 Å². The molecule has 9 nitrogen and oxygen atoms in total. The lowest BCUT2D eigenvalue weighted by molar-refractivity contribution is -0.131. The Labute approximate surface area is 167 Å². The molecule has 0 saturated heterocycles. The molecule has 29 heavy (non-hydrogen) atoms. The number of rotatable bonds is 8. The van der Waals surface area contributed by atoms with Crippen molar-refractivity contribution in [3.63, 3.8) is 0 Å². The average Bonchev–Trinajstić information content (AvgIpc) is 2.70. The Balaban J connectivity index is 2.25. The third-order valence-corrected chi connectivity index (χ3v) is 6.94. The lowest BCUT2D eigenvalue weighted by Gasteiger charge is -2.25. The minimum Gasteiger partial charge on any atom is -0.388 e. The van der Waals surface area contributed by atoms with Gasteiger partial charge in [-0.15, -0.1) is 0 Å². The van der Waals surface area contributed by atoms with Gasteiger partial charge in [-0.1, -0.05) is 24.3 Å². The number of aryl methyl sites for hydroxylation is 1. The summed E-state index contributed by atoms with van der Waals surface area (Å²) < 4.78 is 23.4. The molecular weight excluding hydrogens is 400 g/mol. The van der Waals surface area contributed by atoms with Gasteiger partial charge >= 0.3 is 0 Å². The van der Waals surface area contributed by atoms with E-state index in [4.69, 9.17) is 10.3 Å². The fourth-order valence-electron chi connectivity index (χ4n) is 2.73. The van der Waals surface area contributed by atoms with E-state index in [1.54, 1.807) is 30.3 Å². The Morgan fingerprint density at radius 2 is 1.76 bits per heavy atom. The summed E-state index contributed by atoms with van der Waals surface area (Å²) in [6.45, 7) is 0.540. The first-order valence-electron chi connectivity index (χ1n) is 8.62. The van der Waals surface area contributed by atoms with Crippen LogP contribution in [0.4, 0.5) is 0 Å². The van der Waals surface area contributed by atoms with E-state index in [2.05, 4.69) is 0 Å². The first-order valence-corrected chi connectivity index (χ1v) is 10.5. The molecule has 0 radical (unpaired) electrons. The number of hydrogen-bond acceptors (Lipinski definition) is 7. The number of aliphatic hydroxyl groups is 1. The van der Waals surface area contributed by atoms with Crippen LogP contribution in [0.15, 0.2) is 47.4 Å². The van der Waals surface area contributed by atoms with Crippen LogP contribution in [0.5, 0.6) is 0 Å². The molecule has 0 aliphatic carbocycles. The molecule has 2 rings (SSSR count). The molecule has 1 unspecified atom stereocenters. The molecule has 1 heterocycles. The maximum Gasteiger partial charge on any atom is 0.264 e. The number of nitrogens with one attached hydrogen (secondary N) is 1. The van der Waals surface area contributed by atoms with Gasteiger partial charge < -0.3 is 9.67 Å². The lowest BCUT2D eigenvalue weighted by Crippen LogP contribution is -2.49. The largest absolute Gasteiger partial charge is 0.388 e. The molecule has 10 heteroatoms. The molecule has 1 atom stereocenters.